The molecule has 0 unspecified atom stereocenters. The normalized spacial score (nSPS) is 12.6. The van der Waals surface area contributed by atoms with Crippen molar-refractivity contribution in [3.8, 4) is 5.75 Å². The van der Waals surface area contributed by atoms with Gasteiger partial charge in [0.25, 0.3) is 5.91 Å². The number of nitrogens with one attached hydrogen (secondary N) is 2. The maximum absolute atomic E-state index is 12.8. The molecule has 0 spiro atoms. The van der Waals surface area contributed by atoms with Gasteiger partial charge in [0.1, 0.15) is 10.8 Å². The van der Waals surface area contributed by atoms with Gasteiger partial charge in [-0.2, -0.15) is 0 Å². The number of benzene rings is 2. The maximum atomic E-state index is 12.8. The van der Waals surface area contributed by atoms with Crippen molar-refractivity contribution in [3.05, 3.63) is 78.0 Å². The third kappa shape index (κ3) is 4.80. The topological polar surface area (TPSA) is 83.6 Å². The number of rotatable bonds is 5. The van der Waals surface area contributed by atoms with Crippen LogP contribution in [0.2, 0.25) is 0 Å². The second kappa shape index (κ2) is 9.53. The maximum Gasteiger partial charge on any atom is 0.326 e. The number of methoxy groups -OCH3 is 1. The Labute approximate surface area is 184 Å². The lowest BCUT2D eigenvalue weighted by molar-refractivity contribution is 0.0950. The van der Waals surface area contributed by atoms with Gasteiger partial charge in [0.05, 0.1) is 12.8 Å². The molecule has 4 rings (SSSR count). The molecule has 0 aliphatic carbocycles. The first-order chi connectivity index (χ1) is 15.2. The van der Waals surface area contributed by atoms with Gasteiger partial charge >= 0.3 is 6.03 Å². The molecule has 0 radical (unpaired) electrons. The summed E-state index contributed by atoms with van der Waals surface area (Å²) in [4.78, 5) is 31.3. The molecule has 2 aromatic carbocycles. The monoisotopic (exact) mass is 434 g/mol. The number of ether oxygens (including phenoxy) is 1. The highest BCUT2D eigenvalue weighted by Gasteiger charge is 2.23. The standard InChI is InChI=1S/C23H22N4O3S/c1-30-20-7-3-2-5-17(20)15-25-21(28)16-8-10-18(11-9-16)26-23(29)27-13-14-31-22-19(27)6-4-12-24-22/h2-12H,13-15H2,1H3,(H,25,28)(H,26,29). The van der Waals surface area contributed by atoms with Gasteiger partial charge in [0.15, 0.2) is 0 Å². The number of aromatic nitrogens is 1. The molecule has 0 atom stereocenters. The Bertz CT molecular complexity index is 1090. The van der Waals surface area contributed by atoms with Crippen LogP contribution in [0.4, 0.5) is 16.2 Å². The smallest absolute Gasteiger partial charge is 0.326 e. The third-order valence-corrected chi connectivity index (χ3v) is 5.85. The number of carbonyl (C=O) groups excluding carboxylic acids is 2. The van der Waals surface area contributed by atoms with Crippen LogP contribution in [0.1, 0.15) is 15.9 Å². The van der Waals surface area contributed by atoms with E-state index in [2.05, 4.69) is 15.6 Å². The number of hydrogen-bond acceptors (Lipinski definition) is 5. The summed E-state index contributed by atoms with van der Waals surface area (Å²) in [5.41, 5.74) is 2.84. The molecule has 31 heavy (non-hydrogen) atoms. The van der Waals surface area contributed by atoms with E-state index in [1.54, 1.807) is 54.2 Å². The van der Waals surface area contributed by atoms with Crippen molar-refractivity contribution < 1.29 is 14.3 Å². The molecule has 2 N–H and O–H groups in total. The Morgan fingerprint density at radius 1 is 1.10 bits per heavy atom. The average Bonchev–Trinajstić information content (AvgIpc) is 2.82. The van der Waals surface area contributed by atoms with Gasteiger partial charge in [-0.25, -0.2) is 9.78 Å². The predicted molar refractivity (Wildman–Crippen MR) is 122 cm³/mol. The number of thioether (sulfide) groups is 1. The lowest BCUT2D eigenvalue weighted by atomic mass is 10.1. The minimum atomic E-state index is -0.220. The van der Waals surface area contributed by atoms with Crippen molar-refractivity contribution in [2.45, 2.75) is 11.6 Å². The summed E-state index contributed by atoms with van der Waals surface area (Å²) < 4.78 is 5.31. The van der Waals surface area contributed by atoms with Crippen molar-refractivity contribution in [2.24, 2.45) is 0 Å². The number of amides is 3. The molecular weight excluding hydrogens is 412 g/mol. The zero-order valence-electron chi connectivity index (χ0n) is 17.0. The highest BCUT2D eigenvalue weighted by molar-refractivity contribution is 7.99. The average molecular weight is 435 g/mol. The molecule has 0 bridgehead atoms. The van der Waals surface area contributed by atoms with Gasteiger partial charge in [-0.3, -0.25) is 9.69 Å². The molecule has 7 nitrogen and oxygen atoms in total. The number of para-hydroxylation sites is 1. The van der Waals surface area contributed by atoms with Crippen molar-refractivity contribution >= 4 is 35.1 Å². The van der Waals surface area contributed by atoms with Gasteiger partial charge in [0, 0.05) is 41.9 Å². The van der Waals surface area contributed by atoms with Gasteiger partial charge in [-0.15, -0.1) is 11.8 Å². The van der Waals surface area contributed by atoms with E-state index in [-0.39, 0.29) is 11.9 Å². The van der Waals surface area contributed by atoms with E-state index in [1.165, 1.54) is 0 Å². The third-order valence-electron chi connectivity index (χ3n) is 4.87. The predicted octanol–water partition coefficient (Wildman–Crippen LogP) is 4.16. The van der Waals surface area contributed by atoms with Crippen molar-refractivity contribution in [1.82, 2.24) is 10.3 Å². The summed E-state index contributed by atoms with van der Waals surface area (Å²) in [6.45, 7) is 0.973. The van der Waals surface area contributed by atoms with Crippen LogP contribution >= 0.6 is 11.8 Å². The number of fused-ring (bicyclic) bond motifs is 1. The number of nitrogens with zero attached hydrogens (tertiary/aromatic N) is 2. The van der Waals surface area contributed by atoms with E-state index in [0.717, 1.165) is 27.8 Å². The Morgan fingerprint density at radius 3 is 2.71 bits per heavy atom. The van der Waals surface area contributed by atoms with E-state index < -0.39 is 0 Å². The van der Waals surface area contributed by atoms with Crippen LogP contribution in [-0.2, 0) is 6.54 Å². The van der Waals surface area contributed by atoms with Crippen molar-refractivity contribution in [2.75, 3.05) is 29.6 Å². The molecule has 0 saturated heterocycles. The van der Waals surface area contributed by atoms with Crippen LogP contribution < -0.4 is 20.3 Å². The van der Waals surface area contributed by atoms with E-state index >= 15 is 0 Å². The second-order valence-corrected chi connectivity index (χ2v) is 7.91. The van der Waals surface area contributed by atoms with Crippen LogP contribution in [0.5, 0.6) is 5.75 Å². The molecule has 1 aliphatic heterocycles. The number of urea groups is 1. The molecule has 1 aromatic heterocycles. The van der Waals surface area contributed by atoms with Crippen LogP contribution in [0.15, 0.2) is 71.9 Å². The Balaban J connectivity index is 1.37. The molecule has 3 amide bonds. The first-order valence-corrected chi connectivity index (χ1v) is 10.8. The first kappa shape index (κ1) is 20.7. The van der Waals surface area contributed by atoms with Crippen molar-refractivity contribution in [1.29, 1.82) is 0 Å². The Kier molecular flexibility index (Phi) is 6.37. The zero-order valence-corrected chi connectivity index (χ0v) is 17.8. The van der Waals surface area contributed by atoms with Gasteiger partial charge < -0.3 is 15.4 Å². The Hall–Kier alpha value is -3.52. The molecular formula is C23H22N4O3S. The van der Waals surface area contributed by atoms with Crippen LogP contribution in [0.3, 0.4) is 0 Å². The molecule has 1 aliphatic rings. The quantitative estimate of drug-likeness (QED) is 0.630. The summed E-state index contributed by atoms with van der Waals surface area (Å²) in [6, 6.07) is 17.9. The fourth-order valence-electron chi connectivity index (χ4n) is 3.29. The van der Waals surface area contributed by atoms with E-state index in [9.17, 15) is 9.59 Å². The first-order valence-electron chi connectivity index (χ1n) is 9.82. The zero-order chi connectivity index (χ0) is 21.6. The molecule has 8 heteroatoms. The van der Waals surface area contributed by atoms with E-state index in [4.69, 9.17) is 4.74 Å². The highest BCUT2D eigenvalue weighted by atomic mass is 32.2. The minimum absolute atomic E-state index is 0.197. The van der Waals surface area contributed by atoms with Crippen LogP contribution in [-0.4, -0.2) is 36.3 Å². The molecule has 2 heterocycles. The molecule has 0 saturated carbocycles. The lowest BCUT2D eigenvalue weighted by Crippen LogP contribution is -2.38. The molecule has 0 fully saturated rings. The summed E-state index contributed by atoms with van der Waals surface area (Å²) >= 11 is 1.64. The van der Waals surface area contributed by atoms with Crippen LogP contribution in [0.25, 0.3) is 0 Å². The fourth-order valence-corrected chi connectivity index (χ4v) is 4.22. The molecule has 158 valence electrons. The Morgan fingerprint density at radius 2 is 1.90 bits per heavy atom. The van der Waals surface area contributed by atoms with E-state index in [0.29, 0.717) is 24.3 Å². The summed E-state index contributed by atoms with van der Waals surface area (Å²) in [6.07, 6.45) is 1.73. The number of hydrogen-bond donors (Lipinski definition) is 2. The van der Waals surface area contributed by atoms with E-state index in [1.807, 2.05) is 36.4 Å². The number of pyridine rings is 1. The summed E-state index contributed by atoms with van der Waals surface area (Å²) in [5.74, 6) is 1.33. The molecule has 3 aromatic rings. The number of carbonyl (C=O) groups is 2. The second-order valence-electron chi connectivity index (χ2n) is 6.83. The largest absolute Gasteiger partial charge is 0.496 e. The minimum Gasteiger partial charge on any atom is -0.496 e. The summed E-state index contributed by atoms with van der Waals surface area (Å²) in [7, 11) is 1.60. The summed E-state index contributed by atoms with van der Waals surface area (Å²) in [5, 5.41) is 6.64. The van der Waals surface area contributed by atoms with Crippen molar-refractivity contribution in [3.63, 3.8) is 0 Å². The fraction of sp³-hybridized carbons (Fsp3) is 0.174. The highest BCUT2D eigenvalue weighted by Crippen LogP contribution is 2.32. The lowest BCUT2D eigenvalue weighted by Gasteiger charge is -2.28. The number of anilines is 2. The SMILES string of the molecule is COc1ccccc1CNC(=O)c1ccc(NC(=O)N2CCSc3ncccc32)cc1. The van der Waals surface area contributed by atoms with Gasteiger partial charge in [0.2, 0.25) is 0 Å². The van der Waals surface area contributed by atoms with Gasteiger partial charge in [-0.1, -0.05) is 18.2 Å². The van der Waals surface area contributed by atoms with Crippen LogP contribution in [0, 0.1) is 0 Å². The van der Waals surface area contributed by atoms with Gasteiger partial charge in [-0.05, 0) is 42.5 Å².